The van der Waals surface area contributed by atoms with Crippen LogP contribution in [0.4, 0.5) is 11.4 Å². The van der Waals surface area contributed by atoms with Crippen LogP contribution in [0.5, 0.6) is 5.75 Å². The summed E-state index contributed by atoms with van der Waals surface area (Å²) in [6.45, 7) is 2.82. The number of rotatable bonds is 4. The van der Waals surface area contributed by atoms with Gasteiger partial charge in [-0.15, -0.1) is 0 Å². The van der Waals surface area contributed by atoms with Crippen molar-refractivity contribution in [1.29, 1.82) is 0 Å². The highest BCUT2D eigenvalue weighted by Crippen LogP contribution is 2.28. The van der Waals surface area contributed by atoms with Crippen molar-refractivity contribution < 1.29 is 4.74 Å². The standard InChI is InChI=1S/C17H21N3O/c1-21-16-10-6-5-9-15(16)20-12-11-18-17(13-20)19-14-7-3-2-4-8-14/h2-10,17-19H,11-13H2,1H3/t17-/m0/s1. The molecule has 2 N–H and O–H groups in total. The van der Waals surface area contributed by atoms with Crippen molar-refractivity contribution in [2.24, 2.45) is 0 Å². The van der Waals surface area contributed by atoms with Gasteiger partial charge in [-0.3, -0.25) is 5.32 Å². The summed E-state index contributed by atoms with van der Waals surface area (Å²) in [6.07, 6.45) is 0.228. The molecule has 1 atom stereocenters. The van der Waals surface area contributed by atoms with Crippen molar-refractivity contribution in [1.82, 2.24) is 5.32 Å². The topological polar surface area (TPSA) is 36.5 Å². The van der Waals surface area contributed by atoms with Gasteiger partial charge in [0, 0.05) is 18.8 Å². The van der Waals surface area contributed by atoms with Gasteiger partial charge in [0.1, 0.15) is 5.75 Å². The molecule has 0 radical (unpaired) electrons. The molecule has 1 aliphatic rings. The predicted octanol–water partition coefficient (Wildman–Crippen LogP) is 2.54. The molecular weight excluding hydrogens is 262 g/mol. The van der Waals surface area contributed by atoms with Crippen LogP contribution < -0.4 is 20.3 Å². The van der Waals surface area contributed by atoms with Gasteiger partial charge in [0.2, 0.25) is 0 Å². The normalized spacial score (nSPS) is 18.3. The Balaban J connectivity index is 1.71. The summed E-state index contributed by atoms with van der Waals surface area (Å²) >= 11 is 0. The number of hydrogen-bond donors (Lipinski definition) is 2. The maximum Gasteiger partial charge on any atom is 0.142 e. The highest BCUT2D eigenvalue weighted by Gasteiger charge is 2.21. The van der Waals surface area contributed by atoms with Crippen molar-refractivity contribution in [3.63, 3.8) is 0 Å². The maximum atomic E-state index is 5.47. The van der Waals surface area contributed by atoms with Crippen LogP contribution in [0, 0.1) is 0 Å². The molecule has 0 spiro atoms. The largest absolute Gasteiger partial charge is 0.495 e. The van der Waals surface area contributed by atoms with E-state index in [4.69, 9.17) is 4.74 Å². The van der Waals surface area contributed by atoms with E-state index in [1.165, 1.54) is 0 Å². The Morgan fingerprint density at radius 2 is 1.86 bits per heavy atom. The minimum atomic E-state index is 0.228. The third kappa shape index (κ3) is 3.28. The molecule has 0 bridgehead atoms. The molecule has 0 amide bonds. The lowest BCUT2D eigenvalue weighted by molar-refractivity contribution is 0.410. The quantitative estimate of drug-likeness (QED) is 0.904. The molecule has 1 saturated heterocycles. The van der Waals surface area contributed by atoms with Crippen LogP contribution >= 0.6 is 0 Å². The van der Waals surface area contributed by atoms with Crippen LogP contribution in [0.25, 0.3) is 0 Å². The second-order valence-electron chi connectivity index (χ2n) is 5.13. The lowest BCUT2D eigenvalue weighted by Crippen LogP contribution is -2.54. The van der Waals surface area contributed by atoms with E-state index >= 15 is 0 Å². The van der Waals surface area contributed by atoms with Gasteiger partial charge in [-0.2, -0.15) is 0 Å². The molecule has 0 aromatic heterocycles. The number of hydrogen-bond acceptors (Lipinski definition) is 4. The number of piperazine rings is 1. The first kappa shape index (κ1) is 13.8. The molecule has 1 aliphatic heterocycles. The van der Waals surface area contributed by atoms with E-state index < -0.39 is 0 Å². The predicted molar refractivity (Wildman–Crippen MR) is 87.1 cm³/mol. The summed E-state index contributed by atoms with van der Waals surface area (Å²) in [6, 6.07) is 18.5. The highest BCUT2D eigenvalue weighted by atomic mass is 16.5. The first-order valence-corrected chi connectivity index (χ1v) is 7.30. The molecule has 1 heterocycles. The second kappa shape index (κ2) is 6.50. The van der Waals surface area contributed by atoms with Crippen molar-refractivity contribution in [2.75, 3.05) is 37.0 Å². The fourth-order valence-corrected chi connectivity index (χ4v) is 2.69. The van der Waals surface area contributed by atoms with Crippen LogP contribution in [0.1, 0.15) is 0 Å². The minimum absolute atomic E-state index is 0.228. The Kier molecular flexibility index (Phi) is 4.26. The van der Waals surface area contributed by atoms with E-state index in [-0.39, 0.29) is 6.17 Å². The van der Waals surface area contributed by atoms with E-state index in [1.807, 2.05) is 30.3 Å². The fraction of sp³-hybridized carbons (Fsp3) is 0.294. The van der Waals surface area contributed by atoms with E-state index in [0.717, 1.165) is 36.8 Å². The Hall–Kier alpha value is -2.20. The SMILES string of the molecule is COc1ccccc1N1CCN[C@@H](Nc2ccccc2)C1. The van der Waals surface area contributed by atoms with Crippen molar-refractivity contribution >= 4 is 11.4 Å². The molecule has 1 fully saturated rings. The Bertz CT molecular complexity index is 573. The zero-order chi connectivity index (χ0) is 14.5. The number of benzene rings is 2. The lowest BCUT2D eigenvalue weighted by atomic mass is 10.2. The number of anilines is 2. The summed E-state index contributed by atoms with van der Waals surface area (Å²) in [4.78, 5) is 2.36. The molecule has 4 heteroatoms. The van der Waals surface area contributed by atoms with E-state index in [0.29, 0.717) is 0 Å². The molecular formula is C17H21N3O. The van der Waals surface area contributed by atoms with Crippen LogP contribution in [0.15, 0.2) is 54.6 Å². The first-order chi connectivity index (χ1) is 10.4. The molecule has 3 rings (SSSR count). The van der Waals surface area contributed by atoms with Gasteiger partial charge in [-0.1, -0.05) is 30.3 Å². The third-order valence-corrected chi connectivity index (χ3v) is 3.72. The van der Waals surface area contributed by atoms with Crippen molar-refractivity contribution in [3.05, 3.63) is 54.6 Å². The Morgan fingerprint density at radius 3 is 2.67 bits per heavy atom. The number of para-hydroxylation sites is 3. The van der Waals surface area contributed by atoms with E-state index in [9.17, 15) is 0 Å². The van der Waals surface area contributed by atoms with E-state index in [2.05, 4.69) is 39.8 Å². The highest BCUT2D eigenvalue weighted by molar-refractivity contribution is 5.59. The van der Waals surface area contributed by atoms with Crippen LogP contribution in [-0.2, 0) is 0 Å². The number of nitrogens with one attached hydrogen (secondary N) is 2. The molecule has 110 valence electrons. The number of nitrogens with zero attached hydrogens (tertiary/aromatic N) is 1. The number of ether oxygens (including phenoxy) is 1. The van der Waals surface area contributed by atoms with Crippen molar-refractivity contribution in [2.45, 2.75) is 6.17 Å². The van der Waals surface area contributed by atoms with Gasteiger partial charge in [-0.25, -0.2) is 0 Å². The monoisotopic (exact) mass is 283 g/mol. The van der Waals surface area contributed by atoms with Crippen LogP contribution in [-0.4, -0.2) is 32.9 Å². The minimum Gasteiger partial charge on any atom is -0.495 e. The molecule has 0 aliphatic carbocycles. The second-order valence-corrected chi connectivity index (χ2v) is 5.13. The zero-order valence-electron chi connectivity index (χ0n) is 12.3. The smallest absolute Gasteiger partial charge is 0.142 e. The molecule has 0 unspecified atom stereocenters. The van der Waals surface area contributed by atoms with Gasteiger partial charge in [0.25, 0.3) is 0 Å². The molecule has 2 aromatic carbocycles. The number of methoxy groups -OCH3 is 1. The molecule has 21 heavy (non-hydrogen) atoms. The first-order valence-electron chi connectivity index (χ1n) is 7.30. The van der Waals surface area contributed by atoms with Crippen LogP contribution in [0.3, 0.4) is 0 Å². The summed E-state index contributed by atoms with van der Waals surface area (Å²) in [7, 11) is 1.72. The van der Waals surface area contributed by atoms with Crippen molar-refractivity contribution in [3.8, 4) is 5.75 Å². The van der Waals surface area contributed by atoms with Gasteiger partial charge in [0.05, 0.1) is 25.5 Å². The Labute approximate surface area is 125 Å². The third-order valence-electron chi connectivity index (χ3n) is 3.72. The van der Waals surface area contributed by atoms with Gasteiger partial charge >= 0.3 is 0 Å². The van der Waals surface area contributed by atoms with Gasteiger partial charge in [0.15, 0.2) is 0 Å². The molecule has 0 saturated carbocycles. The average Bonchev–Trinajstić information content (AvgIpc) is 2.56. The van der Waals surface area contributed by atoms with Crippen LogP contribution in [0.2, 0.25) is 0 Å². The average molecular weight is 283 g/mol. The lowest BCUT2D eigenvalue weighted by Gasteiger charge is -2.36. The molecule has 4 nitrogen and oxygen atoms in total. The van der Waals surface area contributed by atoms with Gasteiger partial charge in [-0.05, 0) is 24.3 Å². The fourth-order valence-electron chi connectivity index (χ4n) is 2.69. The van der Waals surface area contributed by atoms with E-state index in [1.54, 1.807) is 7.11 Å². The summed E-state index contributed by atoms with van der Waals surface area (Å²) in [5, 5.41) is 7.04. The zero-order valence-corrected chi connectivity index (χ0v) is 12.3. The summed E-state index contributed by atoms with van der Waals surface area (Å²) in [5.41, 5.74) is 2.29. The summed E-state index contributed by atoms with van der Waals surface area (Å²) < 4.78 is 5.47. The Morgan fingerprint density at radius 1 is 1.10 bits per heavy atom. The van der Waals surface area contributed by atoms with Gasteiger partial charge < -0.3 is 15.0 Å². The summed E-state index contributed by atoms with van der Waals surface area (Å²) in [5.74, 6) is 0.929. The molecule has 2 aromatic rings. The maximum absolute atomic E-state index is 5.47.